The van der Waals surface area contributed by atoms with Gasteiger partial charge in [0.15, 0.2) is 10.7 Å². The highest BCUT2D eigenvalue weighted by atomic mass is 127. The van der Waals surface area contributed by atoms with Crippen molar-refractivity contribution in [3.8, 4) is 11.5 Å². The van der Waals surface area contributed by atoms with E-state index >= 15 is 0 Å². The molecule has 1 heterocycles. The monoisotopic (exact) mass is 627 g/mol. The number of oxazole rings is 1. The summed E-state index contributed by atoms with van der Waals surface area (Å²) in [5.41, 5.74) is 3.49. The molecule has 33 heavy (non-hydrogen) atoms. The molecule has 0 aliphatic heterocycles. The van der Waals surface area contributed by atoms with Gasteiger partial charge in [0.05, 0.1) is 5.56 Å². The number of carbonyl (C=O) groups is 1. The lowest BCUT2D eigenvalue weighted by Crippen LogP contribution is -2.34. The molecule has 2 N–H and O–H groups in total. The molecule has 5 aromatic rings. The highest BCUT2D eigenvalue weighted by Gasteiger charge is 2.14. The van der Waals surface area contributed by atoms with Crippen molar-refractivity contribution in [2.24, 2.45) is 0 Å². The van der Waals surface area contributed by atoms with Gasteiger partial charge in [-0.3, -0.25) is 10.1 Å². The zero-order valence-corrected chi connectivity index (χ0v) is 21.5. The van der Waals surface area contributed by atoms with Crippen molar-refractivity contribution in [1.82, 2.24) is 10.3 Å². The Bertz CT molecular complexity index is 1540. The standard InChI is InChI=1S/C25H15BrIN3O2S/c26-20-10-8-15(27)12-19(20)24-29-21-13-16(9-11-22(21)32-24)28-25(33)30-23(31)18-7-3-5-14-4-1-2-6-17(14)18/h1-13H,(H2,28,30,31,33). The topological polar surface area (TPSA) is 67.2 Å². The van der Waals surface area contributed by atoms with Gasteiger partial charge in [-0.1, -0.05) is 36.4 Å². The zero-order valence-electron chi connectivity index (χ0n) is 16.9. The van der Waals surface area contributed by atoms with E-state index in [4.69, 9.17) is 16.6 Å². The number of fused-ring (bicyclic) bond motifs is 2. The largest absolute Gasteiger partial charge is 0.436 e. The van der Waals surface area contributed by atoms with Crippen LogP contribution in [0.25, 0.3) is 33.3 Å². The molecule has 0 radical (unpaired) electrons. The molecule has 5 nitrogen and oxygen atoms in total. The van der Waals surface area contributed by atoms with E-state index in [1.54, 1.807) is 6.07 Å². The molecule has 162 valence electrons. The van der Waals surface area contributed by atoms with Gasteiger partial charge < -0.3 is 9.73 Å². The van der Waals surface area contributed by atoms with Gasteiger partial charge in [0.2, 0.25) is 5.89 Å². The van der Waals surface area contributed by atoms with E-state index in [9.17, 15) is 4.79 Å². The van der Waals surface area contributed by atoms with Gasteiger partial charge in [0.1, 0.15) is 5.52 Å². The Hall–Kier alpha value is -2.82. The molecule has 0 aliphatic rings. The molecule has 0 spiro atoms. The smallest absolute Gasteiger partial charge is 0.258 e. The number of benzene rings is 4. The summed E-state index contributed by atoms with van der Waals surface area (Å²) < 4.78 is 7.93. The van der Waals surface area contributed by atoms with Gasteiger partial charge in [0, 0.05) is 19.3 Å². The average molecular weight is 628 g/mol. The van der Waals surface area contributed by atoms with Crippen LogP contribution in [-0.2, 0) is 0 Å². The summed E-state index contributed by atoms with van der Waals surface area (Å²) in [6.07, 6.45) is 0. The summed E-state index contributed by atoms with van der Waals surface area (Å²) >= 11 is 11.2. The van der Waals surface area contributed by atoms with Crippen molar-refractivity contribution in [3.05, 3.63) is 92.5 Å². The molecule has 0 saturated heterocycles. The zero-order chi connectivity index (χ0) is 22.9. The molecule has 0 bridgehead atoms. The average Bonchev–Trinajstić information content (AvgIpc) is 3.23. The number of halogens is 2. The summed E-state index contributed by atoms with van der Waals surface area (Å²) in [5.74, 6) is 0.261. The molecule has 8 heteroatoms. The van der Waals surface area contributed by atoms with Gasteiger partial charge in [-0.25, -0.2) is 4.98 Å². The minimum Gasteiger partial charge on any atom is -0.436 e. The number of hydrogen-bond donors (Lipinski definition) is 2. The van der Waals surface area contributed by atoms with Crippen molar-refractivity contribution in [1.29, 1.82) is 0 Å². The number of nitrogens with one attached hydrogen (secondary N) is 2. The number of anilines is 1. The van der Waals surface area contributed by atoms with Crippen molar-refractivity contribution in [2.45, 2.75) is 0 Å². The SMILES string of the molecule is O=C(NC(=S)Nc1ccc2oc(-c3cc(I)ccc3Br)nc2c1)c1cccc2ccccc12. The van der Waals surface area contributed by atoms with Crippen molar-refractivity contribution in [3.63, 3.8) is 0 Å². The Kier molecular flexibility index (Phi) is 6.13. The Morgan fingerprint density at radius 2 is 1.82 bits per heavy atom. The lowest BCUT2D eigenvalue weighted by molar-refractivity contribution is 0.0979. The molecule has 5 rings (SSSR count). The number of amides is 1. The van der Waals surface area contributed by atoms with E-state index in [0.717, 1.165) is 24.4 Å². The number of nitrogens with zero attached hydrogens (tertiary/aromatic N) is 1. The van der Waals surface area contributed by atoms with Gasteiger partial charge in [0.25, 0.3) is 5.91 Å². The Balaban J connectivity index is 1.35. The second kappa shape index (κ2) is 9.20. The Labute approximate surface area is 216 Å². The van der Waals surface area contributed by atoms with Gasteiger partial charge in [-0.05, 0) is 104 Å². The molecule has 4 aromatic carbocycles. The van der Waals surface area contributed by atoms with Crippen LogP contribution in [0.2, 0.25) is 0 Å². The molecule has 0 unspecified atom stereocenters. The number of rotatable bonds is 3. The lowest BCUT2D eigenvalue weighted by atomic mass is 10.0. The first-order valence-electron chi connectivity index (χ1n) is 9.94. The van der Waals surface area contributed by atoms with E-state index in [1.165, 1.54) is 0 Å². The number of carbonyl (C=O) groups excluding carboxylic acids is 1. The highest BCUT2D eigenvalue weighted by molar-refractivity contribution is 14.1. The first-order valence-corrected chi connectivity index (χ1v) is 12.2. The predicted molar refractivity (Wildman–Crippen MR) is 147 cm³/mol. The molecule has 0 atom stereocenters. The Morgan fingerprint density at radius 1 is 1.00 bits per heavy atom. The molecule has 0 aliphatic carbocycles. The summed E-state index contributed by atoms with van der Waals surface area (Å²) in [6.45, 7) is 0. The quantitative estimate of drug-likeness (QED) is 0.164. The third-order valence-corrected chi connectivity index (χ3v) is 6.63. The van der Waals surface area contributed by atoms with Crippen LogP contribution in [0, 0.1) is 3.57 Å². The molecular weight excluding hydrogens is 613 g/mol. The normalized spacial score (nSPS) is 11.0. The minimum atomic E-state index is -0.266. The third-order valence-electron chi connectivity index (χ3n) is 5.07. The first kappa shape index (κ1) is 22.0. The predicted octanol–water partition coefficient (Wildman–Crippen LogP) is 7.14. The fourth-order valence-electron chi connectivity index (χ4n) is 3.54. The van der Waals surface area contributed by atoms with Crippen LogP contribution in [-0.4, -0.2) is 16.0 Å². The van der Waals surface area contributed by atoms with E-state index in [0.29, 0.717) is 28.2 Å². The van der Waals surface area contributed by atoms with Crippen LogP contribution in [0.5, 0.6) is 0 Å². The number of thiocarbonyl (C=S) groups is 1. The second-order valence-electron chi connectivity index (χ2n) is 7.26. The van der Waals surface area contributed by atoms with E-state index in [1.807, 2.05) is 72.8 Å². The maximum Gasteiger partial charge on any atom is 0.258 e. The van der Waals surface area contributed by atoms with Gasteiger partial charge in [-0.15, -0.1) is 0 Å². The van der Waals surface area contributed by atoms with Crippen LogP contribution in [0.15, 0.2) is 87.8 Å². The number of aromatic nitrogens is 1. The van der Waals surface area contributed by atoms with Gasteiger partial charge >= 0.3 is 0 Å². The van der Waals surface area contributed by atoms with Crippen molar-refractivity contribution in [2.75, 3.05) is 5.32 Å². The molecule has 0 fully saturated rings. The summed E-state index contributed by atoms with van der Waals surface area (Å²) in [7, 11) is 0. The van der Waals surface area contributed by atoms with Crippen LogP contribution >= 0.6 is 50.7 Å². The van der Waals surface area contributed by atoms with Crippen LogP contribution in [0.1, 0.15) is 10.4 Å². The van der Waals surface area contributed by atoms with E-state index in [-0.39, 0.29) is 11.0 Å². The third kappa shape index (κ3) is 4.64. The molecule has 1 amide bonds. The molecule has 0 saturated carbocycles. The van der Waals surface area contributed by atoms with Crippen molar-refractivity contribution < 1.29 is 9.21 Å². The molecule has 1 aromatic heterocycles. The fraction of sp³-hybridized carbons (Fsp3) is 0. The Morgan fingerprint density at radius 3 is 2.70 bits per heavy atom. The molecular formula is C25H15BrIN3O2S. The lowest BCUT2D eigenvalue weighted by Gasteiger charge is -2.11. The van der Waals surface area contributed by atoms with Gasteiger partial charge in [-0.2, -0.15) is 0 Å². The highest BCUT2D eigenvalue weighted by Crippen LogP contribution is 2.32. The summed E-state index contributed by atoms with van der Waals surface area (Å²) in [4.78, 5) is 17.4. The van der Waals surface area contributed by atoms with Crippen LogP contribution < -0.4 is 10.6 Å². The minimum absolute atomic E-state index is 0.205. The van der Waals surface area contributed by atoms with Crippen LogP contribution in [0.4, 0.5) is 5.69 Å². The maximum absolute atomic E-state index is 12.8. The summed E-state index contributed by atoms with van der Waals surface area (Å²) in [6, 6.07) is 24.8. The summed E-state index contributed by atoms with van der Waals surface area (Å²) in [5, 5.41) is 7.89. The number of hydrogen-bond acceptors (Lipinski definition) is 4. The van der Waals surface area contributed by atoms with Crippen LogP contribution in [0.3, 0.4) is 0 Å². The first-order chi connectivity index (χ1) is 16.0. The van der Waals surface area contributed by atoms with E-state index < -0.39 is 0 Å². The van der Waals surface area contributed by atoms with E-state index in [2.05, 4.69) is 54.1 Å². The maximum atomic E-state index is 12.8. The fourth-order valence-corrected chi connectivity index (χ4v) is 4.66. The second-order valence-corrected chi connectivity index (χ2v) is 9.77. The van der Waals surface area contributed by atoms with Crippen molar-refractivity contribution >= 4 is 89.3 Å².